The lowest BCUT2D eigenvalue weighted by molar-refractivity contribution is -0.141. The van der Waals surface area contributed by atoms with Crippen molar-refractivity contribution in [2.75, 3.05) is 13.1 Å². The Kier molecular flexibility index (Phi) is 6.12. The van der Waals surface area contributed by atoms with Crippen LogP contribution in [-0.2, 0) is 10.9 Å². The third kappa shape index (κ3) is 4.81. The minimum atomic E-state index is -4.51. The number of halogens is 4. The van der Waals surface area contributed by atoms with Crippen molar-refractivity contribution in [2.45, 2.75) is 31.3 Å². The number of rotatable bonds is 6. The first-order valence-electron chi connectivity index (χ1n) is 10.2. The fraction of sp³-hybridized carbons (Fsp3) is 0.280. The van der Waals surface area contributed by atoms with E-state index in [4.69, 9.17) is 4.74 Å². The normalized spacial score (nSPS) is 17.2. The third-order valence-corrected chi connectivity index (χ3v) is 5.76. The van der Waals surface area contributed by atoms with Gasteiger partial charge in [-0.2, -0.15) is 13.2 Å². The first-order chi connectivity index (χ1) is 14.8. The summed E-state index contributed by atoms with van der Waals surface area (Å²) < 4.78 is 60.6. The highest BCUT2D eigenvalue weighted by Crippen LogP contribution is 2.39. The van der Waals surface area contributed by atoms with Crippen LogP contribution in [0, 0.1) is 5.82 Å². The van der Waals surface area contributed by atoms with Gasteiger partial charge in [-0.25, -0.2) is 4.39 Å². The highest BCUT2D eigenvalue weighted by atomic mass is 19.4. The number of alkyl halides is 3. The van der Waals surface area contributed by atoms with Gasteiger partial charge in [-0.05, 0) is 41.8 Å². The molecule has 0 aliphatic carbocycles. The molecule has 1 fully saturated rings. The van der Waals surface area contributed by atoms with Crippen molar-refractivity contribution in [3.05, 3.63) is 107 Å². The molecule has 0 radical (unpaired) electrons. The molecule has 0 saturated carbocycles. The van der Waals surface area contributed by atoms with Gasteiger partial charge in [0.15, 0.2) is 0 Å². The number of ether oxygens (including phenoxy) is 1. The summed E-state index contributed by atoms with van der Waals surface area (Å²) in [7, 11) is 0. The lowest BCUT2D eigenvalue weighted by Gasteiger charge is -2.44. The van der Waals surface area contributed by atoms with Gasteiger partial charge in [-0.15, -0.1) is 0 Å². The van der Waals surface area contributed by atoms with Crippen molar-refractivity contribution in [1.82, 2.24) is 4.90 Å². The standard InChI is InChI=1S/C25H23F4NO/c1-17(18-7-3-2-4-8-18)30-15-21(16-30)31-24(19-11-13-20(26)14-12-19)22-9-5-6-10-23(22)25(27,28)29/h2-14,17,21,24H,15-16H2,1H3/t17?,24-/m0/s1. The van der Waals surface area contributed by atoms with Crippen LogP contribution in [0.2, 0.25) is 0 Å². The van der Waals surface area contributed by atoms with E-state index >= 15 is 0 Å². The molecule has 1 saturated heterocycles. The second kappa shape index (κ2) is 8.81. The Morgan fingerprint density at radius 1 is 0.839 bits per heavy atom. The Hall–Kier alpha value is -2.70. The van der Waals surface area contributed by atoms with Gasteiger partial charge in [0.2, 0.25) is 0 Å². The van der Waals surface area contributed by atoms with Crippen LogP contribution in [0.15, 0.2) is 78.9 Å². The van der Waals surface area contributed by atoms with Crippen LogP contribution in [0.1, 0.15) is 41.3 Å². The van der Waals surface area contributed by atoms with E-state index in [0.717, 1.165) is 6.07 Å². The highest BCUT2D eigenvalue weighted by molar-refractivity contribution is 5.38. The van der Waals surface area contributed by atoms with E-state index in [1.807, 2.05) is 18.2 Å². The average Bonchev–Trinajstić information content (AvgIpc) is 2.73. The van der Waals surface area contributed by atoms with E-state index < -0.39 is 23.7 Å². The Morgan fingerprint density at radius 3 is 2.10 bits per heavy atom. The number of nitrogens with zero attached hydrogens (tertiary/aromatic N) is 1. The van der Waals surface area contributed by atoms with E-state index in [2.05, 4.69) is 24.0 Å². The van der Waals surface area contributed by atoms with E-state index in [1.54, 1.807) is 6.07 Å². The molecular formula is C25H23F4NO. The predicted octanol–water partition coefficient (Wildman–Crippen LogP) is 6.40. The molecule has 162 valence electrons. The number of hydrogen-bond donors (Lipinski definition) is 0. The van der Waals surface area contributed by atoms with Crippen molar-refractivity contribution >= 4 is 0 Å². The number of likely N-dealkylation sites (tertiary alicyclic amines) is 1. The molecule has 1 aliphatic rings. The zero-order valence-electron chi connectivity index (χ0n) is 17.0. The minimum Gasteiger partial charge on any atom is -0.363 e. The van der Waals surface area contributed by atoms with Crippen LogP contribution in [-0.4, -0.2) is 24.1 Å². The van der Waals surface area contributed by atoms with E-state index in [0.29, 0.717) is 18.7 Å². The molecule has 3 aromatic carbocycles. The molecule has 0 bridgehead atoms. The summed E-state index contributed by atoms with van der Waals surface area (Å²) in [5.74, 6) is -0.446. The number of benzene rings is 3. The monoisotopic (exact) mass is 429 g/mol. The van der Waals surface area contributed by atoms with Crippen LogP contribution in [0.25, 0.3) is 0 Å². The fourth-order valence-electron chi connectivity index (χ4n) is 3.96. The zero-order chi connectivity index (χ0) is 22.0. The Bertz CT molecular complexity index is 998. The molecule has 31 heavy (non-hydrogen) atoms. The van der Waals surface area contributed by atoms with Crippen LogP contribution < -0.4 is 0 Å². The first-order valence-corrected chi connectivity index (χ1v) is 10.2. The summed E-state index contributed by atoms with van der Waals surface area (Å²) in [6.45, 7) is 3.33. The van der Waals surface area contributed by atoms with E-state index in [9.17, 15) is 17.6 Å². The van der Waals surface area contributed by atoms with Crippen molar-refractivity contribution in [1.29, 1.82) is 0 Å². The summed E-state index contributed by atoms with van der Waals surface area (Å²) in [6, 6.07) is 21.1. The molecule has 0 spiro atoms. The Morgan fingerprint density at radius 2 is 1.45 bits per heavy atom. The lowest BCUT2D eigenvalue weighted by Crippen LogP contribution is -2.53. The summed E-state index contributed by atoms with van der Waals surface area (Å²) >= 11 is 0. The molecule has 1 aliphatic heterocycles. The van der Waals surface area contributed by atoms with Crippen molar-refractivity contribution in [3.8, 4) is 0 Å². The number of hydrogen-bond acceptors (Lipinski definition) is 2. The highest BCUT2D eigenvalue weighted by Gasteiger charge is 2.38. The van der Waals surface area contributed by atoms with Crippen molar-refractivity contribution in [2.24, 2.45) is 0 Å². The lowest BCUT2D eigenvalue weighted by atomic mass is 9.95. The van der Waals surface area contributed by atoms with Crippen molar-refractivity contribution < 1.29 is 22.3 Å². The second-order valence-corrected chi connectivity index (χ2v) is 7.82. The third-order valence-electron chi connectivity index (χ3n) is 5.76. The Labute approximate surface area is 179 Å². The average molecular weight is 429 g/mol. The smallest absolute Gasteiger partial charge is 0.363 e. The summed E-state index contributed by atoms with van der Waals surface area (Å²) in [6.07, 6.45) is -5.66. The van der Waals surface area contributed by atoms with Crippen LogP contribution in [0.3, 0.4) is 0 Å². The first kappa shape index (κ1) is 21.5. The molecule has 4 rings (SSSR count). The maximum Gasteiger partial charge on any atom is 0.416 e. The van der Waals surface area contributed by atoms with Gasteiger partial charge in [-0.3, -0.25) is 4.90 Å². The molecular weight excluding hydrogens is 406 g/mol. The SMILES string of the molecule is CC(c1ccccc1)N1CC(O[C@@H](c2ccc(F)cc2)c2ccccc2C(F)(F)F)C1. The van der Waals surface area contributed by atoms with Gasteiger partial charge >= 0.3 is 6.18 Å². The van der Waals surface area contributed by atoms with Gasteiger partial charge < -0.3 is 4.74 Å². The Balaban J connectivity index is 1.56. The van der Waals surface area contributed by atoms with Crippen LogP contribution in [0.4, 0.5) is 17.6 Å². The van der Waals surface area contributed by atoms with Gasteiger partial charge in [0, 0.05) is 19.1 Å². The molecule has 0 amide bonds. The summed E-state index contributed by atoms with van der Waals surface area (Å²) in [5, 5.41) is 0. The topological polar surface area (TPSA) is 12.5 Å². The second-order valence-electron chi connectivity index (χ2n) is 7.82. The molecule has 2 atom stereocenters. The van der Waals surface area contributed by atoms with Crippen molar-refractivity contribution in [3.63, 3.8) is 0 Å². The molecule has 0 aromatic heterocycles. The van der Waals surface area contributed by atoms with Gasteiger partial charge in [0.1, 0.15) is 11.9 Å². The van der Waals surface area contributed by atoms with Crippen LogP contribution in [0.5, 0.6) is 0 Å². The molecule has 2 nitrogen and oxygen atoms in total. The molecule has 3 aromatic rings. The molecule has 0 N–H and O–H groups in total. The summed E-state index contributed by atoms with van der Waals surface area (Å²) in [4.78, 5) is 2.22. The summed E-state index contributed by atoms with van der Waals surface area (Å²) in [5.41, 5.74) is 0.973. The zero-order valence-corrected chi connectivity index (χ0v) is 17.0. The van der Waals surface area contributed by atoms with Gasteiger partial charge in [0.25, 0.3) is 0 Å². The van der Waals surface area contributed by atoms with Crippen LogP contribution >= 0.6 is 0 Å². The quantitative estimate of drug-likeness (QED) is 0.421. The predicted molar refractivity (Wildman–Crippen MR) is 111 cm³/mol. The fourth-order valence-corrected chi connectivity index (χ4v) is 3.96. The largest absolute Gasteiger partial charge is 0.416 e. The van der Waals surface area contributed by atoms with Gasteiger partial charge in [-0.1, -0.05) is 60.7 Å². The molecule has 1 heterocycles. The van der Waals surface area contributed by atoms with E-state index in [-0.39, 0.29) is 17.7 Å². The van der Waals surface area contributed by atoms with E-state index in [1.165, 1.54) is 42.0 Å². The molecule has 1 unspecified atom stereocenters. The minimum absolute atomic E-state index is 0.0381. The van der Waals surface area contributed by atoms with Gasteiger partial charge in [0.05, 0.1) is 11.7 Å². The maximum atomic E-state index is 13.7. The molecule has 6 heteroatoms. The maximum absolute atomic E-state index is 13.7.